The van der Waals surface area contributed by atoms with Crippen molar-refractivity contribution >= 4 is 11.7 Å². The van der Waals surface area contributed by atoms with E-state index in [1.165, 1.54) is 25.7 Å². The van der Waals surface area contributed by atoms with Gasteiger partial charge in [-0.2, -0.15) is 0 Å². The molecule has 1 aliphatic heterocycles. The van der Waals surface area contributed by atoms with Crippen LogP contribution in [-0.4, -0.2) is 41.3 Å². The Hall–Kier alpha value is -5.25. The van der Waals surface area contributed by atoms with E-state index in [1.807, 2.05) is 84.9 Å². The first-order chi connectivity index (χ1) is 26.9. The largest absolute Gasteiger partial charge is 0.457 e. The molecular weight excluding hydrogens is 687 g/mol. The molecule has 5 aromatic carbocycles. The molecule has 0 aromatic heterocycles. The zero-order valence-electron chi connectivity index (χ0n) is 31.5. The second-order valence-electron chi connectivity index (χ2n) is 14.6. The smallest absolute Gasteiger partial charge is 0.319 e. The maximum atomic E-state index is 12.8. The van der Waals surface area contributed by atoms with Crippen molar-refractivity contribution in [2.75, 3.05) is 18.4 Å². The highest BCUT2D eigenvalue weighted by Crippen LogP contribution is 2.42. The van der Waals surface area contributed by atoms with Crippen molar-refractivity contribution in [3.8, 4) is 22.6 Å². The van der Waals surface area contributed by atoms with Crippen molar-refractivity contribution < 1.29 is 24.1 Å². The zero-order valence-corrected chi connectivity index (χ0v) is 31.5. The molecule has 1 aliphatic carbocycles. The van der Waals surface area contributed by atoms with Gasteiger partial charge >= 0.3 is 6.03 Å². The predicted octanol–water partition coefficient (Wildman–Crippen LogP) is 10.2. The Morgan fingerprint density at radius 1 is 0.818 bits per heavy atom. The van der Waals surface area contributed by atoms with Crippen molar-refractivity contribution in [1.82, 2.24) is 10.2 Å². The van der Waals surface area contributed by atoms with Crippen molar-refractivity contribution in [3.63, 3.8) is 0 Å². The fourth-order valence-electron chi connectivity index (χ4n) is 7.65. The van der Waals surface area contributed by atoms with E-state index in [9.17, 15) is 9.90 Å². The Labute approximate surface area is 324 Å². The first-order valence-corrected chi connectivity index (χ1v) is 19.4. The van der Waals surface area contributed by atoms with E-state index in [1.54, 1.807) is 0 Å². The third-order valence-electron chi connectivity index (χ3n) is 10.7. The van der Waals surface area contributed by atoms with Gasteiger partial charge in [-0.05, 0) is 83.1 Å². The van der Waals surface area contributed by atoms with E-state index in [0.717, 1.165) is 52.2 Å². The molecule has 2 fully saturated rings. The topological polar surface area (TPSA) is 92.3 Å². The maximum Gasteiger partial charge on any atom is 0.319 e. The molecule has 0 radical (unpaired) electrons. The number of aliphatic hydroxyl groups is 1. The fourth-order valence-corrected chi connectivity index (χ4v) is 7.65. The lowest BCUT2D eigenvalue weighted by Crippen LogP contribution is -2.47. The lowest BCUT2D eigenvalue weighted by molar-refractivity contribution is -0.276. The van der Waals surface area contributed by atoms with Gasteiger partial charge in [0.25, 0.3) is 0 Å². The average molecular weight is 738 g/mol. The third-order valence-corrected chi connectivity index (χ3v) is 10.7. The summed E-state index contributed by atoms with van der Waals surface area (Å²) in [6.45, 7) is 8.32. The lowest BCUT2D eigenvalue weighted by atomic mass is 9.89. The fraction of sp³-hybridized carbons (Fsp3) is 0.298. The molecule has 3 N–H and O–H groups in total. The number of urea groups is 1. The van der Waals surface area contributed by atoms with Crippen molar-refractivity contribution in [2.24, 2.45) is 5.92 Å². The van der Waals surface area contributed by atoms with Crippen molar-refractivity contribution in [2.45, 2.75) is 70.3 Å². The van der Waals surface area contributed by atoms with Gasteiger partial charge in [-0.25, -0.2) is 4.79 Å². The van der Waals surface area contributed by atoms with Gasteiger partial charge in [0.1, 0.15) is 11.5 Å². The number of nitrogens with zero attached hydrogens (tertiary/aromatic N) is 1. The number of para-hydroxylation sites is 1. The molecule has 1 saturated heterocycles. The molecule has 55 heavy (non-hydrogen) atoms. The number of anilines is 1. The Bertz CT molecular complexity index is 1980. The van der Waals surface area contributed by atoms with E-state index in [4.69, 9.17) is 14.2 Å². The molecule has 284 valence electrons. The van der Waals surface area contributed by atoms with Gasteiger partial charge in [0.2, 0.25) is 0 Å². The summed E-state index contributed by atoms with van der Waals surface area (Å²) in [7, 11) is 0. The van der Waals surface area contributed by atoms with Crippen LogP contribution < -0.4 is 15.4 Å². The predicted molar refractivity (Wildman–Crippen MR) is 218 cm³/mol. The van der Waals surface area contributed by atoms with Gasteiger partial charge < -0.3 is 30.0 Å². The van der Waals surface area contributed by atoms with Gasteiger partial charge in [0.15, 0.2) is 6.29 Å². The van der Waals surface area contributed by atoms with Crippen molar-refractivity contribution in [1.29, 1.82) is 0 Å². The molecule has 1 heterocycles. The first kappa shape index (κ1) is 38.0. The number of carbonyl (C=O) groups is 1. The van der Waals surface area contributed by atoms with Crippen LogP contribution in [-0.2, 0) is 22.6 Å². The van der Waals surface area contributed by atoms with Gasteiger partial charge in [-0.15, -0.1) is 6.58 Å². The molecular formula is C47H51N3O5. The standard InChI is InChI=1S/C47H51N3O5/c1-3-28-50(41-12-7-8-13-41)31-44-33(2)45(37-18-16-34(32-51)17-19-37)55-46(54-44)38-22-20-36(21-23-38)39-11-9-10-35(29-39)30-48-47(52)49-40-24-26-43(27-25-40)53-42-14-5-4-6-15-42/h3-6,9-11,14-27,29,33,41,44-46,51H,1,7-8,12-13,28,30-32H2,2H3,(H2,48,49,52)/t33-,44+,45+,46+/m1/s1. The lowest BCUT2D eigenvalue weighted by Gasteiger charge is -2.43. The molecule has 0 bridgehead atoms. The van der Waals surface area contributed by atoms with Gasteiger partial charge in [-0.1, -0.05) is 111 Å². The van der Waals surface area contributed by atoms with Crippen LogP contribution in [0.5, 0.6) is 11.5 Å². The van der Waals surface area contributed by atoms with Crippen LogP contribution in [0, 0.1) is 5.92 Å². The highest BCUT2D eigenvalue weighted by molar-refractivity contribution is 5.89. The van der Waals surface area contributed by atoms with Gasteiger partial charge in [0, 0.05) is 42.8 Å². The Balaban J connectivity index is 0.999. The normalized spacial score (nSPS) is 19.9. The van der Waals surface area contributed by atoms with Gasteiger partial charge in [-0.3, -0.25) is 4.90 Å². The molecule has 8 nitrogen and oxygen atoms in total. The number of hydrogen-bond donors (Lipinski definition) is 3. The van der Waals surface area contributed by atoms with Gasteiger partial charge in [0.05, 0.1) is 18.8 Å². The number of benzene rings is 5. The molecule has 1 saturated carbocycles. The summed E-state index contributed by atoms with van der Waals surface area (Å²) in [5, 5.41) is 15.5. The molecule has 4 atom stereocenters. The second-order valence-corrected chi connectivity index (χ2v) is 14.6. The minimum absolute atomic E-state index is 0.0102. The molecule has 2 amide bonds. The highest BCUT2D eigenvalue weighted by Gasteiger charge is 2.40. The quantitative estimate of drug-likeness (QED) is 0.0983. The van der Waals surface area contributed by atoms with Crippen molar-refractivity contribution in [3.05, 3.63) is 162 Å². The monoisotopic (exact) mass is 737 g/mol. The summed E-state index contributed by atoms with van der Waals surface area (Å²) in [6.07, 6.45) is 6.23. The van der Waals surface area contributed by atoms with Crippen LogP contribution in [0.2, 0.25) is 0 Å². The average Bonchev–Trinajstić information content (AvgIpc) is 3.77. The molecule has 0 spiro atoms. The Morgan fingerprint density at radius 2 is 1.53 bits per heavy atom. The summed E-state index contributed by atoms with van der Waals surface area (Å²) in [5.41, 5.74) is 6.70. The summed E-state index contributed by atoms with van der Waals surface area (Å²) in [4.78, 5) is 15.3. The van der Waals surface area contributed by atoms with Crippen LogP contribution in [0.25, 0.3) is 11.1 Å². The number of nitrogens with one attached hydrogen (secondary N) is 2. The van der Waals surface area contributed by atoms with E-state index in [-0.39, 0.29) is 30.8 Å². The van der Waals surface area contributed by atoms with Crippen LogP contribution in [0.3, 0.4) is 0 Å². The maximum absolute atomic E-state index is 12.8. The summed E-state index contributed by atoms with van der Waals surface area (Å²) in [5.74, 6) is 1.56. The number of ether oxygens (including phenoxy) is 3. The molecule has 2 aliphatic rings. The highest BCUT2D eigenvalue weighted by atomic mass is 16.7. The number of rotatable bonds is 14. The molecule has 0 unspecified atom stereocenters. The number of aliphatic hydroxyl groups excluding tert-OH is 1. The summed E-state index contributed by atoms with van der Waals surface area (Å²) in [6, 6.07) is 41.8. The zero-order chi connectivity index (χ0) is 38.0. The molecule has 5 aromatic rings. The number of hydrogen-bond acceptors (Lipinski definition) is 6. The Morgan fingerprint density at radius 3 is 2.24 bits per heavy atom. The minimum Gasteiger partial charge on any atom is -0.457 e. The SMILES string of the molecule is C=CCN(C[C@@H]1O[C@H](c2ccc(-c3cccc(CNC(=O)Nc4ccc(Oc5ccccc5)cc4)c3)cc2)O[C@H](c2ccc(CO)cc2)[C@@H]1C)C1CCCC1. The molecule has 8 heteroatoms. The summed E-state index contributed by atoms with van der Waals surface area (Å²) >= 11 is 0. The van der Waals surface area contributed by atoms with Crippen LogP contribution in [0.4, 0.5) is 10.5 Å². The second kappa shape index (κ2) is 18.4. The van der Waals surface area contributed by atoms with E-state index in [0.29, 0.717) is 24.0 Å². The number of carbonyl (C=O) groups excluding carboxylic acids is 1. The minimum atomic E-state index is -0.534. The summed E-state index contributed by atoms with van der Waals surface area (Å²) < 4.78 is 19.4. The number of amides is 2. The van der Waals surface area contributed by atoms with Crippen LogP contribution in [0.15, 0.2) is 140 Å². The van der Waals surface area contributed by atoms with E-state index < -0.39 is 6.29 Å². The van der Waals surface area contributed by atoms with E-state index >= 15 is 0 Å². The van der Waals surface area contributed by atoms with Crippen LogP contribution in [0.1, 0.15) is 67.3 Å². The van der Waals surface area contributed by atoms with Crippen LogP contribution >= 0.6 is 0 Å². The van der Waals surface area contributed by atoms with E-state index in [2.05, 4.69) is 77.6 Å². The first-order valence-electron chi connectivity index (χ1n) is 19.4. The molecule has 7 rings (SSSR count). The Kier molecular flexibility index (Phi) is 12.7. The third kappa shape index (κ3) is 9.90.